The molecule has 0 atom stereocenters. The summed E-state index contributed by atoms with van der Waals surface area (Å²) in [6.45, 7) is 3.14. The average Bonchev–Trinajstić information content (AvgIpc) is 3.27. The first-order valence-corrected chi connectivity index (χ1v) is 13.5. The third kappa shape index (κ3) is 6.18. The monoisotopic (exact) mass is 527 g/mol. The van der Waals surface area contributed by atoms with Crippen LogP contribution in [-0.4, -0.2) is 23.3 Å². The lowest BCUT2D eigenvalue weighted by Gasteiger charge is -2.14. The highest BCUT2D eigenvalue weighted by atomic mass is 32.1. The molecule has 0 saturated carbocycles. The van der Waals surface area contributed by atoms with Crippen molar-refractivity contribution >= 4 is 22.1 Å². The van der Waals surface area contributed by atoms with Gasteiger partial charge < -0.3 is 19.3 Å². The lowest BCUT2D eigenvalue weighted by atomic mass is 10.1. The van der Waals surface area contributed by atoms with E-state index in [4.69, 9.17) is 14.2 Å². The largest absolute Gasteiger partial charge is 0.493 e. The average molecular weight is 528 g/mol. The fourth-order valence-electron chi connectivity index (χ4n) is 4.27. The summed E-state index contributed by atoms with van der Waals surface area (Å²) in [5.41, 5.74) is 1.85. The van der Waals surface area contributed by atoms with Crippen molar-refractivity contribution < 1.29 is 19.3 Å². The Hall–Kier alpha value is -4.23. The maximum Gasteiger partial charge on any atom is 0.307 e. The van der Waals surface area contributed by atoms with Gasteiger partial charge in [-0.05, 0) is 65.2 Å². The van der Waals surface area contributed by atoms with Crippen LogP contribution in [0.15, 0.2) is 89.7 Å². The summed E-state index contributed by atoms with van der Waals surface area (Å²) in [5, 5.41) is 12.2. The molecule has 2 N–H and O–H groups in total. The number of aromatic amines is 1. The molecule has 7 heteroatoms. The van der Waals surface area contributed by atoms with Crippen molar-refractivity contribution in [2.24, 2.45) is 0 Å². The number of H-pyrrole nitrogens is 1. The van der Waals surface area contributed by atoms with Gasteiger partial charge in [0, 0.05) is 12.0 Å². The first-order valence-electron chi connectivity index (χ1n) is 12.7. The van der Waals surface area contributed by atoms with Crippen LogP contribution in [0.3, 0.4) is 0 Å². The number of benzene rings is 4. The standard InChI is InChI=1S/C31H29NO5S/c1-2-7-23-19-27(37-26-13-12-21-8-3-4-9-22(21)18-26)14-15-28(23)36-17-6-16-35-25-11-5-10-24(20-25)29-30(33)32-31(34)38-29/h3-5,8-15,18-20,33H,2,6-7,16-17H2,1H3,(H,32,34). The molecule has 0 aliphatic rings. The minimum absolute atomic E-state index is 0.123. The first-order chi connectivity index (χ1) is 18.6. The number of rotatable bonds is 11. The van der Waals surface area contributed by atoms with Crippen molar-refractivity contribution in [1.82, 2.24) is 4.98 Å². The number of hydrogen-bond acceptors (Lipinski definition) is 6. The van der Waals surface area contributed by atoms with Gasteiger partial charge in [-0.15, -0.1) is 0 Å². The third-order valence-corrected chi connectivity index (χ3v) is 6.97. The van der Waals surface area contributed by atoms with Crippen LogP contribution in [-0.2, 0) is 6.42 Å². The fourth-order valence-corrected chi connectivity index (χ4v) is 4.99. The van der Waals surface area contributed by atoms with E-state index in [1.54, 1.807) is 0 Å². The van der Waals surface area contributed by atoms with Crippen LogP contribution in [0.25, 0.3) is 21.2 Å². The van der Waals surface area contributed by atoms with Gasteiger partial charge in [0.1, 0.15) is 23.0 Å². The SMILES string of the molecule is CCCc1cc(Oc2ccc3ccccc3c2)ccc1OCCCOc1cccc(-c2sc(=O)[nH]c2O)c1. The number of aromatic hydroxyl groups is 1. The van der Waals surface area contributed by atoms with E-state index in [0.29, 0.717) is 30.3 Å². The zero-order valence-corrected chi connectivity index (χ0v) is 21.9. The number of aryl methyl sites for hydroxylation is 1. The summed E-state index contributed by atoms with van der Waals surface area (Å²) in [6.07, 6.45) is 2.60. The maximum atomic E-state index is 11.5. The topological polar surface area (TPSA) is 80.8 Å². The molecule has 0 radical (unpaired) electrons. The van der Waals surface area contributed by atoms with E-state index >= 15 is 0 Å². The van der Waals surface area contributed by atoms with E-state index < -0.39 is 0 Å². The van der Waals surface area contributed by atoms with Crippen molar-refractivity contribution in [2.75, 3.05) is 13.2 Å². The van der Waals surface area contributed by atoms with Gasteiger partial charge in [-0.3, -0.25) is 9.78 Å². The molecular formula is C31H29NO5S. The van der Waals surface area contributed by atoms with Crippen LogP contribution >= 0.6 is 11.3 Å². The Morgan fingerprint density at radius 1 is 0.816 bits per heavy atom. The molecule has 0 aliphatic carbocycles. The van der Waals surface area contributed by atoms with Crippen molar-refractivity contribution in [3.8, 4) is 39.3 Å². The molecule has 0 unspecified atom stereocenters. The lowest BCUT2D eigenvalue weighted by Crippen LogP contribution is -2.06. The van der Waals surface area contributed by atoms with Crippen LogP contribution in [0.2, 0.25) is 0 Å². The Kier molecular flexibility index (Phi) is 7.95. The molecule has 1 aromatic heterocycles. The third-order valence-electron chi connectivity index (χ3n) is 6.05. The zero-order valence-electron chi connectivity index (χ0n) is 21.1. The Morgan fingerprint density at radius 3 is 2.42 bits per heavy atom. The Bertz CT molecular complexity index is 1590. The quantitative estimate of drug-likeness (QED) is 0.173. The van der Waals surface area contributed by atoms with Crippen molar-refractivity contribution in [3.63, 3.8) is 0 Å². The van der Waals surface area contributed by atoms with E-state index in [0.717, 1.165) is 57.9 Å². The molecule has 38 heavy (non-hydrogen) atoms. The van der Waals surface area contributed by atoms with Gasteiger partial charge in [-0.2, -0.15) is 0 Å². The van der Waals surface area contributed by atoms with Gasteiger partial charge >= 0.3 is 4.87 Å². The van der Waals surface area contributed by atoms with Gasteiger partial charge in [-0.25, -0.2) is 0 Å². The predicted molar refractivity (Wildman–Crippen MR) is 152 cm³/mol. The molecule has 0 spiro atoms. The smallest absolute Gasteiger partial charge is 0.307 e. The fraction of sp³-hybridized carbons (Fsp3) is 0.194. The summed E-state index contributed by atoms with van der Waals surface area (Å²) in [4.78, 5) is 14.1. The molecule has 5 rings (SSSR count). The van der Waals surface area contributed by atoms with E-state index in [1.807, 2.05) is 54.6 Å². The van der Waals surface area contributed by atoms with Crippen LogP contribution in [0.4, 0.5) is 0 Å². The van der Waals surface area contributed by atoms with Crippen LogP contribution in [0.5, 0.6) is 28.9 Å². The second-order valence-electron chi connectivity index (χ2n) is 8.90. The van der Waals surface area contributed by atoms with Crippen molar-refractivity contribution in [2.45, 2.75) is 26.2 Å². The predicted octanol–water partition coefficient (Wildman–Crippen LogP) is 7.55. The highest BCUT2D eigenvalue weighted by Crippen LogP contribution is 2.32. The van der Waals surface area contributed by atoms with E-state index in [2.05, 4.69) is 42.2 Å². The number of ether oxygens (including phenoxy) is 3. The molecule has 0 bridgehead atoms. The van der Waals surface area contributed by atoms with Crippen molar-refractivity contribution in [3.05, 3.63) is 100 Å². The van der Waals surface area contributed by atoms with Gasteiger partial charge in [-0.1, -0.05) is 67.1 Å². The van der Waals surface area contributed by atoms with Crippen LogP contribution < -0.4 is 19.1 Å². The molecule has 1 heterocycles. The highest BCUT2D eigenvalue weighted by Gasteiger charge is 2.11. The molecule has 5 aromatic rings. The second kappa shape index (κ2) is 11.9. The summed E-state index contributed by atoms with van der Waals surface area (Å²) in [7, 11) is 0. The normalized spacial score (nSPS) is 11.0. The minimum atomic E-state index is -0.295. The van der Waals surface area contributed by atoms with Gasteiger partial charge in [0.2, 0.25) is 5.88 Å². The molecule has 194 valence electrons. The van der Waals surface area contributed by atoms with Crippen molar-refractivity contribution in [1.29, 1.82) is 0 Å². The summed E-state index contributed by atoms with van der Waals surface area (Å²) in [6, 6.07) is 27.6. The molecule has 0 fully saturated rings. The van der Waals surface area contributed by atoms with Gasteiger partial charge in [0.05, 0.1) is 18.1 Å². The Labute approximate surface area is 225 Å². The molecule has 6 nitrogen and oxygen atoms in total. The second-order valence-corrected chi connectivity index (χ2v) is 9.88. The molecule has 0 amide bonds. The highest BCUT2D eigenvalue weighted by molar-refractivity contribution is 7.13. The first kappa shape index (κ1) is 25.4. The van der Waals surface area contributed by atoms with E-state index in [1.165, 1.54) is 5.39 Å². The van der Waals surface area contributed by atoms with E-state index in [9.17, 15) is 9.90 Å². The molecule has 0 saturated heterocycles. The maximum absolute atomic E-state index is 11.5. The number of aromatic nitrogens is 1. The lowest BCUT2D eigenvalue weighted by molar-refractivity contribution is 0.246. The number of thiazole rings is 1. The number of fused-ring (bicyclic) bond motifs is 1. The number of nitrogens with one attached hydrogen (secondary N) is 1. The zero-order chi connectivity index (χ0) is 26.3. The van der Waals surface area contributed by atoms with Gasteiger partial charge in [0.15, 0.2) is 0 Å². The van der Waals surface area contributed by atoms with Crippen LogP contribution in [0, 0.1) is 0 Å². The van der Waals surface area contributed by atoms with Crippen LogP contribution in [0.1, 0.15) is 25.3 Å². The van der Waals surface area contributed by atoms with E-state index in [-0.39, 0.29) is 10.8 Å². The summed E-state index contributed by atoms with van der Waals surface area (Å²) < 4.78 is 18.1. The Morgan fingerprint density at radius 2 is 1.61 bits per heavy atom. The Balaban J connectivity index is 1.16. The molecular weight excluding hydrogens is 498 g/mol. The number of hydrogen-bond donors (Lipinski definition) is 2. The summed E-state index contributed by atoms with van der Waals surface area (Å²) >= 11 is 0.967. The molecule has 0 aliphatic heterocycles. The van der Waals surface area contributed by atoms with Gasteiger partial charge in [0.25, 0.3) is 0 Å². The summed E-state index contributed by atoms with van der Waals surface area (Å²) in [5.74, 6) is 3.00. The minimum Gasteiger partial charge on any atom is -0.493 e. The molecule has 4 aromatic carbocycles.